The van der Waals surface area contributed by atoms with Gasteiger partial charge in [-0.1, -0.05) is 74.9 Å². The molecule has 0 aliphatic heterocycles. The topological polar surface area (TPSA) is 34.1 Å². The van der Waals surface area contributed by atoms with Crippen molar-refractivity contribution in [2.75, 3.05) is 0 Å². The molecule has 0 aliphatic rings. The molecule has 0 aliphatic carbocycles. The Hall–Kier alpha value is -2.22. The van der Waals surface area contributed by atoms with Gasteiger partial charge >= 0.3 is 0 Å². The summed E-state index contributed by atoms with van der Waals surface area (Å²) in [5, 5.41) is 0. The highest BCUT2D eigenvalue weighted by Gasteiger charge is 2.02. The van der Waals surface area contributed by atoms with Crippen molar-refractivity contribution in [2.45, 2.75) is 46.5 Å². The van der Waals surface area contributed by atoms with E-state index in [-0.39, 0.29) is 5.92 Å². The molecule has 0 N–H and O–H groups in total. The second-order valence-corrected chi connectivity index (χ2v) is 6.57. The average molecular weight is 324 g/mol. The molecule has 0 saturated carbocycles. The molecule has 1 atom stereocenters. The maximum atomic E-state index is 10.5. The van der Waals surface area contributed by atoms with E-state index in [1.165, 1.54) is 16.7 Å². The number of rotatable bonds is 6. The normalized spacial score (nSPS) is 11.4. The van der Waals surface area contributed by atoms with E-state index >= 15 is 0 Å². The first-order valence-corrected chi connectivity index (χ1v) is 8.49. The molecular formula is C22H28O2. The van der Waals surface area contributed by atoms with E-state index in [1.807, 2.05) is 38.1 Å². The monoisotopic (exact) mass is 324 g/mol. The third-order valence-electron chi connectivity index (χ3n) is 3.88. The maximum Gasteiger partial charge on any atom is 0.124 e. The lowest BCUT2D eigenvalue weighted by Gasteiger charge is -2.07. The molecule has 0 saturated heterocycles. The first-order chi connectivity index (χ1) is 11.5. The smallest absolute Gasteiger partial charge is 0.124 e. The molecular weight excluding hydrogens is 296 g/mol. The molecule has 2 aromatic carbocycles. The number of aldehydes is 2. The van der Waals surface area contributed by atoms with Gasteiger partial charge in [-0.3, -0.25) is 0 Å². The Balaban J connectivity index is 0.000000254. The van der Waals surface area contributed by atoms with Gasteiger partial charge in [0, 0.05) is 12.3 Å². The van der Waals surface area contributed by atoms with Gasteiger partial charge in [0.25, 0.3) is 0 Å². The molecule has 2 aromatic rings. The Morgan fingerprint density at radius 2 is 1.38 bits per heavy atom. The highest BCUT2D eigenvalue weighted by atomic mass is 16.1. The second kappa shape index (κ2) is 10.5. The minimum Gasteiger partial charge on any atom is -0.303 e. The predicted octanol–water partition coefficient (Wildman–Crippen LogP) is 4.92. The second-order valence-electron chi connectivity index (χ2n) is 6.57. The van der Waals surface area contributed by atoms with Crippen LogP contribution >= 0.6 is 0 Å². The number of carbonyl (C=O) groups is 2. The largest absolute Gasteiger partial charge is 0.303 e. The molecule has 2 nitrogen and oxygen atoms in total. The average Bonchev–Trinajstić information content (AvgIpc) is 2.58. The zero-order chi connectivity index (χ0) is 17.9. The van der Waals surface area contributed by atoms with Crippen LogP contribution in [0.1, 0.15) is 48.9 Å². The van der Waals surface area contributed by atoms with Gasteiger partial charge in [0.15, 0.2) is 0 Å². The molecule has 0 radical (unpaired) electrons. The molecule has 0 spiro atoms. The standard InChI is InChI=1S/C13H18O.C9H10O/c1-10(2)13-6-4-12(5-7-13)8-11(3)9-14;1-8-2-4-9(5-3-8)6-7-10/h4-7,9-11H,8H2,1-3H3;2-5,7H,6H2,1H3. The summed E-state index contributed by atoms with van der Waals surface area (Å²) in [6.45, 7) is 8.35. The number of carbonyl (C=O) groups excluding carboxylic acids is 2. The Kier molecular flexibility index (Phi) is 8.70. The van der Waals surface area contributed by atoms with Crippen LogP contribution in [0.3, 0.4) is 0 Å². The van der Waals surface area contributed by atoms with Gasteiger partial charge in [0.1, 0.15) is 12.6 Å². The van der Waals surface area contributed by atoms with Gasteiger partial charge in [0.2, 0.25) is 0 Å². The van der Waals surface area contributed by atoms with Gasteiger partial charge in [0.05, 0.1) is 0 Å². The number of aryl methyl sites for hydroxylation is 1. The van der Waals surface area contributed by atoms with Crippen LogP contribution in [0.15, 0.2) is 48.5 Å². The van der Waals surface area contributed by atoms with Crippen molar-refractivity contribution < 1.29 is 9.59 Å². The summed E-state index contributed by atoms with van der Waals surface area (Å²) in [7, 11) is 0. The van der Waals surface area contributed by atoms with Gasteiger partial charge in [-0.25, -0.2) is 0 Å². The van der Waals surface area contributed by atoms with Crippen LogP contribution in [0.5, 0.6) is 0 Å². The van der Waals surface area contributed by atoms with Crippen molar-refractivity contribution in [1.29, 1.82) is 0 Å². The summed E-state index contributed by atoms with van der Waals surface area (Å²) in [6.07, 6.45) is 3.31. The van der Waals surface area contributed by atoms with Gasteiger partial charge in [-0.2, -0.15) is 0 Å². The van der Waals surface area contributed by atoms with E-state index in [0.29, 0.717) is 12.3 Å². The maximum absolute atomic E-state index is 10.5. The van der Waals surface area contributed by atoms with E-state index in [1.54, 1.807) is 0 Å². The zero-order valence-electron chi connectivity index (χ0n) is 15.2. The van der Waals surface area contributed by atoms with Crippen molar-refractivity contribution in [3.8, 4) is 0 Å². The first kappa shape index (κ1) is 19.8. The fourth-order valence-electron chi connectivity index (χ4n) is 2.28. The summed E-state index contributed by atoms with van der Waals surface area (Å²) >= 11 is 0. The van der Waals surface area contributed by atoms with E-state index in [0.717, 1.165) is 24.6 Å². The van der Waals surface area contributed by atoms with Crippen LogP contribution in [-0.2, 0) is 22.4 Å². The Morgan fingerprint density at radius 3 is 1.83 bits per heavy atom. The van der Waals surface area contributed by atoms with Crippen LogP contribution in [-0.4, -0.2) is 12.6 Å². The van der Waals surface area contributed by atoms with E-state index in [9.17, 15) is 9.59 Å². The minimum absolute atomic E-state index is 0.125. The van der Waals surface area contributed by atoms with Crippen molar-refractivity contribution in [3.63, 3.8) is 0 Å². The highest BCUT2D eigenvalue weighted by Crippen LogP contribution is 2.16. The molecule has 0 fully saturated rings. The molecule has 0 amide bonds. The molecule has 24 heavy (non-hydrogen) atoms. The molecule has 0 bridgehead atoms. The van der Waals surface area contributed by atoms with E-state index < -0.39 is 0 Å². The molecule has 1 unspecified atom stereocenters. The SMILES string of the molecule is CC(C=O)Cc1ccc(C(C)C)cc1.Cc1ccc(CC=O)cc1. The molecule has 0 heterocycles. The van der Waals surface area contributed by atoms with E-state index in [4.69, 9.17) is 0 Å². The van der Waals surface area contributed by atoms with Gasteiger partial charge in [-0.15, -0.1) is 0 Å². The van der Waals surface area contributed by atoms with Crippen LogP contribution in [0.4, 0.5) is 0 Å². The third kappa shape index (κ3) is 7.36. The minimum atomic E-state index is 0.125. The lowest BCUT2D eigenvalue weighted by Crippen LogP contribution is -2.00. The van der Waals surface area contributed by atoms with Crippen LogP contribution in [0, 0.1) is 12.8 Å². The number of benzene rings is 2. The molecule has 2 heteroatoms. The fraction of sp³-hybridized carbons (Fsp3) is 0.364. The Morgan fingerprint density at radius 1 is 0.833 bits per heavy atom. The lowest BCUT2D eigenvalue weighted by atomic mass is 9.98. The van der Waals surface area contributed by atoms with Crippen molar-refractivity contribution in [2.24, 2.45) is 5.92 Å². The predicted molar refractivity (Wildman–Crippen MR) is 100 cm³/mol. The number of hydrogen-bond acceptors (Lipinski definition) is 2. The van der Waals surface area contributed by atoms with Gasteiger partial charge < -0.3 is 9.59 Å². The van der Waals surface area contributed by atoms with Crippen LogP contribution in [0.2, 0.25) is 0 Å². The highest BCUT2D eigenvalue weighted by molar-refractivity contribution is 5.54. The summed E-state index contributed by atoms with van der Waals surface area (Å²) < 4.78 is 0. The van der Waals surface area contributed by atoms with Crippen LogP contribution < -0.4 is 0 Å². The van der Waals surface area contributed by atoms with Gasteiger partial charge in [-0.05, 0) is 36.0 Å². The fourth-order valence-corrected chi connectivity index (χ4v) is 2.28. The Bertz CT molecular complexity index is 609. The van der Waals surface area contributed by atoms with Crippen LogP contribution in [0.25, 0.3) is 0 Å². The van der Waals surface area contributed by atoms with Crippen molar-refractivity contribution in [1.82, 2.24) is 0 Å². The molecule has 128 valence electrons. The summed E-state index contributed by atoms with van der Waals surface area (Å²) in [4.78, 5) is 20.5. The quantitative estimate of drug-likeness (QED) is 0.706. The van der Waals surface area contributed by atoms with Crippen molar-refractivity contribution >= 4 is 12.6 Å². The Labute approximate surface area is 145 Å². The third-order valence-corrected chi connectivity index (χ3v) is 3.88. The molecule has 0 aromatic heterocycles. The number of hydrogen-bond donors (Lipinski definition) is 0. The van der Waals surface area contributed by atoms with E-state index in [2.05, 4.69) is 38.1 Å². The zero-order valence-corrected chi connectivity index (χ0v) is 15.2. The first-order valence-electron chi connectivity index (χ1n) is 8.49. The summed E-state index contributed by atoms with van der Waals surface area (Å²) in [5.41, 5.74) is 4.91. The lowest BCUT2D eigenvalue weighted by molar-refractivity contribution is -0.110. The van der Waals surface area contributed by atoms with Crippen molar-refractivity contribution in [3.05, 3.63) is 70.8 Å². The molecule has 2 rings (SSSR count). The summed E-state index contributed by atoms with van der Waals surface area (Å²) in [5.74, 6) is 0.701. The summed E-state index contributed by atoms with van der Waals surface area (Å²) in [6, 6.07) is 16.5.